The van der Waals surface area contributed by atoms with Crippen LogP contribution < -0.4 is 10.2 Å². The second-order valence-electron chi connectivity index (χ2n) is 5.45. The van der Waals surface area contributed by atoms with Crippen molar-refractivity contribution in [3.8, 4) is 0 Å². The number of esters is 4. The van der Waals surface area contributed by atoms with Crippen molar-refractivity contribution in [1.29, 1.82) is 0 Å². The summed E-state index contributed by atoms with van der Waals surface area (Å²) in [6.45, 7) is 0. The van der Waals surface area contributed by atoms with Gasteiger partial charge in [0.15, 0.2) is 0 Å². The largest absolute Gasteiger partial charge is 2.00 e. The monoisotopic (exact) mass is 438 g/mol. The van der Waals surface area contributed by atoms with Gasteiger partial charge in [0.25, 0.3) is 0 Å². The molecule has 2 heterocycles. The van der Waals surface area contributed by atoms with Gasteiger partial charge < -0.3 is 29.3 Å². The molecule has 2 aromatic carbocycles. The van der Waals surface area contributed by atoms with Crippen LogP contribution in [0.15, 0.2) is 36.4 Å². The molecule has 0 unspecified atom stereocenters. The number of benzene rings is 2. The van der Waals surface area contributed by atoms with Gasteiger partial charge in [-0.05, 0) is 35.4 Å². The van der Waals surface area contributed by atoms with Crippen LogP contribution in [0.4, 0.5) is 0 Å². The average molecular weight is 438 g/mol. The van der Waals surface area contributed by atoms with Crippen LogP contribution in [0.5, 0.6) is 0 Å². The Hall–Kier alpha value is -3.82. The van der Waals surface area contributed by atoms with Crippen molar-refractivity contribution in [3.63, 3.8) is 0 Å². The van der Waals surface area contributed by atoms with Crippen LogP contribution in [0.1, 0.15) is 62.1 Å². The smallest absolute Gasteiger partial charge is 0.545 e. The van der Waals surface area contributed by atoms with Crippen LogP contribution in [-0.4, -0.2) is 35.8 Å². The molecular weight excluding hydrogens is 432 g/mol. The number of hydrogen-bond donors (Lipinski definition) is 0. The average Bonchev–Trinajstić information content (AvgIpc) is 3.10. The van der Waals surface area contributed by atoms with E-state index in [0.717, 1.165) is 12.1 Å². The number of carbonyl (C=O) groups is 6. The molecule has 0 radical (unpaired) electrons. The molecule has 0 N–H and O–H groups in total. The van der Waals surface area contributed by atoms with Crippen molar-refractivity contribution < 1.29 is 65.5 Å². The Labute approximate surface area is 171 Å². The van der Waals surface area contributed by atoms with E-state index in [1.165, 1.54) is 24.3 Å². The Bertz CT molecular complexity index is 1010. The number of fused-ring (bicyclic) bond motifs is 2. The zero-order valence-electron chi connectivity index (χ0n) is 13.9. The van der Waals surface area contributed by atoms with Gasteiger partial charge in [0.05, 0.1) is 34.2 Å². The molecule has 0 spiro atoms. The Morgan fingerprint density at radius 3 is 1.21 bits per heavy atom. The minimum Gasteiger partial charge on any atom is -0.545 e. The fourth-order valence-electron chi connectivity index (χ4n) is 2.42. The molecule has 146 valence electrons. The standard InChI is InChI=1S/2C9H4O5.Fe/c2*10-7(11)4-1-2-5-6(3-4)9(13)14-8(5)12;/h2*1-3H,(H,10,11);/q;;+2/p-2. The predicted molar refractivity (Wildman–Crippen MR) is 81.0 cm³/mol. The fraction of sp³-hybridized carbons (Fsp3) is 0. The summed E-state index contributed by atoms with van der Waals surface area (Å²) < 4.78 is 8.55. The summed E-state index contributed by atoms with van der Waals surface area (Å²) >= 11 is 0. The first-order chi connectivity index (χ1) is 13.2. The van der Waals surface area contributed by atoms with Gasteiger partial charge in [-0.15, -0.1) is 0 Å². The Morgan fingerprint density at radius 1 is 0.586 bits per heavy atom. The maximum Gasteiger partial charge on any atom is 2.00 e. The molecule has 0 bridgehead atoms. The molecule has 0 aromatic heterocycles. The molecule has 11 heteroatoms. The van der Waals surface area contributed by atoms with E-state index in [0.29, 0.717) is 0 Å². The quantitative estimate of drug-likeness (QED) is 0.313. The number of carboxylic acids is 2. The summed E-state index contributed by atoms with van der Waals surface area (Å²) in [5.74, 6) is -5.97. The van der Waals surface area contributed by atoms with Crippen molar-refractivity contribution in [3.05, 3.63) is 69.8 Å². The van der Waals surface area contributed by atoms with E-state index in [4.69, 9.17) is 0 Å². The molecule has 0 fully saturated rings. The maximum absolute atomic E-state index is 11.0. The summed E-state index contributed by atoms with van der Waals surface area (Å²) in [6.07, 6.45) is 0. The van der Waals surface area contributed by atoms with Crippen LogP contribution in [0.25, 0.3) is 0 Å². The predicted octanol–water partition coefficient (Wildman–Crippen LogP) is -1.28. The van der Waals surface area contributed by atoms with Crippen LogP contribution in [0.3, 0.4) is 0 Å². The minimum atomic E-state index is -1.40. The zero-order valence-corrected chi connectivity index (χ0v) is 15.0. The number of ether oxygens (including phenoxy) is 2. The van der Waals surface area contributed by atoms with Gasteiger partial charge in [-0.2, -0.15) is 0 Å². The SMILES string of the molecule is O=C([O-])c1ccc2c(c1)C(=O)OC2=O.O=C([O-])c1ccc2c(c1)C(=O)OC2=O.[Fe+2]. The molecule has 0 amide bonds. The number of cyclic esters (lactones) is 4. The molecule has 2 aliphatic heterocycles. The third-order valence-electron chi connectivity index (χ3n) is 3.76. The minimum absolute atomic E-state index is 0. The van der Waals surface area contributed by atoms with E-state index in [9.17, 15) is 39.0 Å². The second-order valence-corrected chi connectivity index (χ2v) is 5.45. The number of aromatic carboxylic acids is 2. The van der Waals surface area contributed by atoms with Crippen molar-refractivity contribution in [1.82, 2.24) is 0 Å². The van der Waals surface area contributed by atoms with Gasteiger partial charge >= 0.3 is 40.9 Å². The second kappa shape index (κ2) is 8.05. The fourth-order valence-corrected chi connectivity index (χ4v) is 2.42. The molecule has 4 rings (SSSR count). The van der Waals surface area contributed by atoms with E-state index in [1.807, 2.05) is 0 Å². The zero-order chi connectivity index (χ0) is 20.6. The molecule has 29 heavy (non-hydrogen) atoms. The molecule has 10 nitrogen and oxygen atoms in total. The molecule has 0 atom stereocenters. The van der Waals surface area contributed by atoms with Gasteiger partial charge in [-0.1, -0.05) is 12.1 Å². The molecule has 0 aliphatic carbocycles. The van der Waals surface area contributed by atoms with E-state index < -0.39 is 35.8 Å². The van der Waals surface area contributed by atoms with Gasteiger partial charge in [0, 0.05) is 0 Å². The summed E-state index contributed by atoms with van der Waals surface area (Å²) in [6, 6.07) is 6.97. The first-order valence-electron chi connectivity index (χ1n) is 7.43. The maximum atomic E-state index is 11.0. The molecule has 0 saturated heterocycles. The summed E-state index contributed by atoms with van der Waals surface area (Å²) in [7, 11) is 0. The van der Waals surface area contributed by atoms with Gasteiger partial charge in [-0.3, -0.25) is 0 Å². The summed E-state index contributed by atoms with van der Waals surface area (Å²) in [5.41, 5.74) is -0.209. The van der Waals surface area contributed by atoms with Crippen LogP contribution in [0.2, 0.25) is 0 Å². The van der Waals surface area contributed by atoms with Crippen molar-refractivity contribution in [2.45, 2.75) is 0 Å². The molecule has 2 aliphatic rings. The first-order valence-corrected chi connectivity index (χ1v) is 7.43. The molecule has 2 aromatic rings. The third-order valence-corrected chi connectivity index (χ3v) is 3.76. The number of carbonyl (C=O) groups excluding carboxylic acids is 6. The Kier molecular flexibility index (Phi) is 5.96. The first kappa shape index (κ1) is 21.5. The van der Waals surface area contributed by atoms with Crippen molar-refractivity contribution in [2.75, 3.05) is 0 Å². The van der Waals surface area contributed by atoms with Gasteiger partial charge in [-0.25, -0.2) is 19.2 Å². The van der Waals surface area contributed by atoms with E-state index in [-0.39, 0.29) is 50.4 Å². The van der Waals surface area contributed by atoms with Crippen LogP contribution in [-0.2, 0) is 26.5 Å². The number of rotatable bonds is 2. The van der Waals surface area contributed by atoms with Gasteiger partial charge in [0.1, 0.15) is 0 Å². The Balaban J connectivity index is 0.000000200. The van der Waals surface area contributed by atoms with E-state index >= 15 is 0 Å². The van der Waals surface area contributed by atoms with E-state index in [1.54, 1.807) is 0 Å². The van der Waals surface area contributed by atoms with Crippen LogP contribution >= 0.6 is 0 Å². The topological polar surface area (TPSA) is 167 Å². The normalized spacial score (nSPS) is 13.2. The summed E-state index contributed by atoms with van der Waals surface area (Å²) in [4.78, 5) is 64.8. The van der Waals surface area contributed by atoms with E-state index in [2.05, 4.69) is 9.47 Å². The molecule has 0 saturated carbocycles. The number of carboxylic acid groups (broad SMARTS) is 2. The third kappa shape index (κ3) is 4.05. The van der Waals surface area contributed by atoms with Crippen molar-refractivity contribution >= 4 is 35.8 Å². The van der Waals surface area contributed by atoms with Crippen molar-refractivity contribution in [2.24, 2.45) is 0 Å². The summed E-state index contributed by atoms with van der Waals surface area (Å²) in [5, 5.41) is 20.9. The van der Waals surface area contributed by atoms with Crippen LogP contribution in [0, 0.1) is 0 Å². The van der Waals surface area contributed by atoms with Gasteiger partial charge in [0.2, 0.25) is 0 Å². The number of hydrogen-bond acceptors (Lipinski definition) is 10. The molecular formula is C18H6FeO10. The Morgan fingerprint density at radius 2 is 0.897 bits per heavy atom.